The van der Waals surface area contributed by atoms with Crippen LogP contribution in [0.4, 0.5) is 15.9 Å². The van der Waals surface area contributed by atoms with Crippen LogP contribution in [0.5, 0.6) is 0 Å². The summed E-state index contributed by atoms with van der Waals surface area (Å²) in [6, 6.07) is 12.2. The number of likely N-dealkylation sites (tertiary alicyclic amines) is 1. The standard InChI is InChI=1S/C25H27FN6O/c1-25(33,18-8-12-31(2)13-9-18)23-7-4-17-16-27-24(15-22(17)29-23)30-21-6-5-19(14-20(21)26)32-11-3-10-28-32/h3-7,10-11,14-16,18,33H,8-9,12-13H2,1-2H3,(H,27,30)/t25-/m1/s1. The van der Waals surface area contributed by atoms with E-state index in [1.54, 1.807) is 47.5 Å². The number of pyridine rings is 2. The van der Waals surface area contributed by atoms with E-state index in [2.05, 4.69) is 27.3 Å². The number of piperidine rings is 1. The second kappa shape index (κ2) is 8.53. The molecule has 0 bridgehead atoms. The summed E-state index contributed by atoms with van der Waals surface area (Å²) in [7, 11) is 2.11. The van der Waals surface area contributed by atoms with Crippen molar-refractivity contribution in [2.75, 3.05) is 25.5 Å². The fourth-order valence-electron chi connectivity index (χ4n) is 4.45. The van der Waals surface area contributed by atoms with Gasteiger partial charge in [-0.2, -0.15) is 5.10 Å². The molecule has 1 fully saturated rings. The van der Waals surface area contributed by atoms with Crippen LogP contribution in [0, 0.1) is 11.7 Å². The normalized spacial score (nSPS) is 17.2. The van der Waals surface area contributed by atoms with Crippen molar-refractivity contribution in [2.45, 2.75) is 25.4 Å². The van der Waals surface area contributed by atoms with Crippen molar-refractivity contribution in [1.82, 2.24) is 24.6 Å². The van der Waals surface area contributed by atoms with Crippen molar-refractivity contribution < 1.29 is 9.50 Å². The molecule has 1 aromatic carbocycles. The van der Waals surface area contributed by atoms with Crippen molar-refractivity contribution in [3.63, 3.8) is 0 Å². The Morgan fingerprint density at radius 2 is 1.97 bits per heavy atom. The number of aromatic nitrogens is 4. The molecule has 0 unspecified atom stereocenters. The summed E-state index contributed by atoms with van der Waals surface area (Å²) in [5, 5.41) is 19.4. The summed E-state index contributed by atoms with van der Waals surface area (Å²) in [6.07, 6.45) is 6.97. The van der Waals surface area contributed by atoms with Crippen molar-refractivity contribution in [1.29, 1.82) is 0 Å². The summed E-state index contributed by atoms with van der Waals surface area (Å²) < 4.78 is 16.3. The Hall–Kier alpha value is -3.36. The first-order valence-corrected chi connectivity index (χ1v) is 11.1. The maximum absolute atomic E-state index is 14.7. The summed E-state index contributed by atoms with van der Waals surface area (Å²) >= 11 is 0. The highest BCUT2D eigenvalue weighted by atomic mass is 19.1. The van der Waals surface area contributed by atoms with Crippen molar-refractivity contribution in [3.8, 4) is 5.69 Å². The quantitative estimate of drug-likeness (QED) is 0.477. The summed E-state index contributed by atoms with van der Waals surface area (Å²) in [4.78, 5) is 11.4. The number of fused-ring (bicyclic) bond motifs is 1. The zero-order valence-electron chi connectivity index (χ0n) is 18.7. The molecule has 0 aliphatic carbocycles. The van der Waals surface area contributed by atoms with Gasteiger partial charge in [0.15, 0.2) is 0 Å². The number of aliphatic hydroxyl groups is 1. The van der Waals surface area contributed by atoms with Crippen LogP contribution in [0.15, 0.2) is 61.1 Å². The van der Waals surface area contributed by atoms with Gasteiger partial charge in [0.25, 0.3) is 0 Å². The van der Waals surface area contributed by atoms with E-state index in [1.165, 1.54) is 6.07 Å². The van der Waals surface area contributed by atoms with Crippen LogP contribution >= 0.6 is 0 Å². The van der Waals surface area contributed by atoms with Crippen LogP contribution in [0.25, 0.3) is 16.6 Å². The molecular formula is C25H27FN6O. The molecule has 5 rings (SSSR count). The van der Waals surface area contributed by atoms with Crippen LogP contribution < -0.4 is 5.32 Å². The number of nitrogens with zero attached hydrogens (tertiary/aromatic N) is 5. The van der Waals surface area contributed by atoms with E-state index in [0.717, 1.165) is 31.3 Å². The summed E-state index contributed by atoms with van der Waals surface area (Å²) in [6.45, 7) is 3.79. The van der Waals surface area contributed by atoms with Crippen LogP contribution in [0.1, 0.15) is 25.5 Å². The number of halogens is 1. The van der Waals surface area contributed by atoms with Gasteiger partial charge in [0.05, 0.1) is 22.6 Å². The fourth-order valence-corrected chi connectivity index (χ4v) is 4.45. The molecular weight excluding hydrogens is 419 g/mol. The molecule has 1 saturated heterocycles. The number of hydrogen-bond acceptors (Lipinski definition) is 6. The Bertz CT molecular complexity index is 1270. The third kappa shape index (κ3) is 4.31. The van der Waals surface area contributed by atoms with Crippen molar-refractivity contribution in [3.05, 3.63) is 72.6 Å². The van der Waals surface area contributed by atoms with E-state index in [0.29, 0.717) is 28.4 Å². The predicted molar refractivity (Wildman–Crippen MR) is 126 cm³/mol. The molecule has 4 aromatic rings. The molecule has 7 nitrogen and oxygen atoms in total. The van der Waals surface area contributed by atoms with Gasteiger partial charge in [0.2, 0.25) is 0 Å². The number of anilines is 2. The lowest BCUT2D eigenvalue weighted by Crippen LogP contribution is -2.41. The van der Waals surface area contributed by atoms with E-state index in [9.17, 15) is 9.50 Å². The number of benzene rings is 1. The molecule has 4 heterocycles. The van der Waals surface area contributed by atoms with E-state index < -0.39 is 11.4 Å². The lowest BCUT2D eigenvalue weighted by atomic mass is 9.79. The Balaban J connectivity index is 1.40. The number of nitrogens with one attached hydrogen (secondary N) is 1. The highest BCUT2D eigenvalue weighted by Crippen LogP contribution is 2.36. The Morgan fingerprint density at radius 3 is 2.70 bits per heavy atom. The van der Waals surface area contributed by atoms with Gasteiger partial charge < -0.3 is 15.3 Å². The molecule has 3 aromatic heterocycles. The minimum atomic E-state index is -1.01. The average molecular weight is 447 g/mol. The maximum Gasteiger partial charge on any atom is 0.148 e. The van der Waals surface area contributed by atoms with Gasteiger partial charge in [-0.1, -0.05) is 0 Å². The van der Waals surface area contributed by atoms with Crippen molar-refractivity contribution in [2.24, 2.45) is 5.92 Å². The molecule has 0 saturated carbocycles. The second-order valence-electron chi connectivity index (χ2n) is 8.92. The monoisotopic (exact) mass is 446 g/mol. The molecule has 1 aliphatic heterocycles. The first-order chi connectivity index (χ1) is 15.9. The van der Waals surface area contributed by atoms with Gasteiger partial charge in [-0.25, -0.2) is 19.0 Å². The SMILES string of the molecule is CN1CCC([C@@](C)(O)c2ccc3cnc(Nc4ccc(-n5cccn5)cc4F)cc3n2)CC1. The smallest absolute Gasteiger partial charge is 0.148 e. The predicted octanol–water partition coefficient (Wildman–Crippen LogP) is 4.25. The van der Waals surface area contributed by atoms with E-state index in [-0.39, 0.29) is 5.92 Å². The van der Waals surface area contributed by atoms with E-state index in [1.807, 2.05) is 19.1 Å². The zero-order valence-corrected chi connectivity index (χ0v) is 18.7. The lowest BCUT2D eigenvalue weighted by molar-refractivity contribution is -0.0334. The molecule has 0 amide bonds. The Morgan fingerprint density at radius 1 is 1.15 bits per heavy atom. The van der Waals surface area contributed by atoms with Gasteiger partial charge in [0, 0.05) is 36.1 Å². The second-order valence-corrected chi connectivity index (χ2v) is 8.92. The molecule has 8 heteroatoms. The molecule has 1 atom stereocenters. The lowest BCUT2D eigenvalue weighted by Gasteiger charge is -2.38. The zero-order chi connectivity index (χ0) is 23.0. The average Bonchev–Trinajstić information content (AvgIpc) is 3.35. The third-order valence-electron chi connectivity index (χ3n) is 6.59. The number of rotatable bonds is 5. The minimum absolute atomic E-state index is 0.153. The molecule has 170 valence electrons. The molecule has 1 aliphatic rings. The van der Waals surface area contributed by atoms with Gasteiger partial charge in [-0.05, 0) is 76.2 Å². The Kier molecular flexibility index (Phi) is 5.55. The third-order valence-corrected chi connectivity index (χ3v) is 6.59. The molecule has 0 spiro atoms. The molecule has 0 radical (unpaired) electrons. The van der Waals surface area contributed by atoms with Crippen LogP contribution in [0.2, 0.25) is 0 Å². The Labute approximate surface area is 191 Å². The minimum Gasteiger partial charge on any atom is -0.384 e. The van der Waals surface area contributed by atoms with Gasteiger partial charge in [-0.3, -0.25) is 0 Å². The summed E-state index contributed by atoms with van der Waals surface area (Å²) in [5.41, 5.74) is 1.29. The van der Waals surface area contributed by atoms with Gasteiger partial charge >= 0.3 is 0 Å². The van der Waals surface area contributed by atoms with Gasteiger partial charge in [0.1, 0.15) is 17.2 Å². The van der Waals surface area contributed by atoms with Crippen LogP contribution in [0.3, 0.4) is 0 Å². The highest BCUT2D eigenvalue weighted by molar-refractivity contribution is 5.81. The first kappa shape index (κ1) is 21.5. The summed E-state index contributed by atoms with van der Waals surface area (Å²) in [5.74, 6) is 0.231. The maximum atomic E-state index is 14.7. The largest absolute Gasteiger partial charge is 0.384 e. The van der Waals surface area contributed by atoms with Gasteiger partial charge in [-0.15, -0.1) is 0 Å². The highest BCUT2D eigenvalue weighted by Gasteiger charge is 2.36. The first-order valence-electron chi connectivity index (χ1n) is 11.1. The molecule has 2 N–H and O–H groups in total. The van der Waals surface area contributed by atoms with Crippen LogP contribution in [-0.4, -0.2) is 49.9 Å². The fraction of sp³-hybridized carbons (Fsp3) is 0.320. The topological polar surface area (TPSA) is 79.1 Å². The number of hydrogen-bond donors (Lipinski definition) is 2. The van der Waals surface area contributed by atoms with E-state index in [4.69, 9.17) is 4.98 Å². The van der Waals surface area contributed by atoms with Crippen molar-refractivity contribution >= 4 is 22.4 Å². The molecule has 33 heavy (non-hydrogen) atoms. The van der Waals surface area contributed by atoms with Crippen LogP contribution in [-0.2, 0) is 5.60 Å². The van der Waals surface area contributed by atoms with E-state index >= 15 is 0 Å².